The average molecular weight is 425 g/mol. The van der Waals surface area contributed by atoms with E-state index in [1.807, 2.05) is 0 Å². The predicted octanol–water partition coefficient (Wildman–Crippen LogP) is 4.14. The van der Waals surface area contributed by atoms with Crippen LogP contribution in [0.5, 0.6) is 0 Å². The molecule has 2 heterocycles. The number of aliphatic hydroxyl groups excluding tert-OH is 1. The van der Waals surface area contributed by atoms with Gasteiger partial charge in [-0.3, -0.25) is 4.79 Å². The zero-order chi connectivity index (χ0) is 21.2. The third-order valence-corrected chi connectivity index (χ3v) is 6.48. The minimum atomic E-state index is -0.405. The molecule has 1 saturated carbocycles. The Morgan fingerprint density at radius 2 is 1.83 bits per heavy atom. The van der Waals surface area contributed by atoms with Gasteiger partial charge in [-0.1, -0.05) is 38.3 Å². The monoisotopic (exact) mass is 424 g/mol. The molecule has 0 aromatic rings. The maximum Gasteiger partial charge on any atom is 0.158 e. The molecule has 6 atom stereocenters. The fourth-order valence-corrected chi connectivity index (χ4v) is 4.66. The van der Waals surface area contributed by atoms with E-state index in [1.54, 1.807) is 0 Å². The molecule has 0 aromatic carbocycles. The van der Waals surface area contributed by atoms with Crippen molar-refractivity contribution >= 4 is 5.78 Å². The molecule has 1 N–H and O–H groups in total. The summed E-state index contributed by atoms with van der Waals surface area (Å²) in [6.07, 6.45) is 14.4. The molecular formula is C24H40O6. The van der Waals surface area contributed by atoms with Crippen molar-refractivity contribution in [3.05, 3.63) is 12.2 Å². The number of hydrogen-bond donors (Lipinski definition) is 1. The molecule has 2 aliphatic heterocycles. The van der Waals surface area contributed by atoms with E-state index in [-0.39, 0.29) is 43.1 Å². The number of carbonyl (C=O) groups is 1. The summed E-state index contributed by atoms with van der Waals surface area (Å²) in [7, 11) is 0. The lowest BCUT2D eigenvalue weighted by atomic mass is 9.93. The molecule has 2 saturated heterocycles. The van der Waals surface area contributed by atoms with Gasteiger partial charge in [0.25, 0.3) is 0 Å². The topological polar surface area (TPSA) is 74.2 Å². The highest BCUT2D eigenvalue weighted by Gasteiger charge is 2.42. The van der Waals surface area contributed by atoms with Crippen LogP contribution in [0.3, 0.4) is 0 Å². The van der Waals surface area contributed by atoms with E-state index in [9.17, 15) is 9.90 Å². The molecule has 6 nitrogen and oxygen atoms in total. The van der Waals surface area contributed by atoms with E-state index in [0.29, 0.717) is 13.0 Å². The summed E-state index contributed by atoms with van der Waals surface area (Å²) in [5, 5.41) is 9.84. The van der Waals surface area contributed by atoms with Crippen LogP contribution in [0.4, 0.5) is 0 Å². The van der Waals surface area contributed by atoms with E-state index in [0.717, 1.165) is 64.4 Å². The van der Waals surface area contributed by atoms with Gasteiger partial charge in [-0.15, -0.1) is 0 Å². The Labute approximate surface area is 181 Å². The zero-order valence-corrected chi connectivity index (χ0v) is 18.5. The van der Waals surface area contributed by atoms with Crippen molar-refractivity contribution in [3.8, 4) is 0 Å². The molecule has 0 amide bonds. The summed E-state index contributed by atoms with van der Waals surface area (Å²) in [4.78, 5) is 12.5. The molecule has 3 fully saturated rings. The van der Waals surface area contributed by atoms with Gasteiger partial charge in [-0.05, 0) is 44.9 Å². The van der Waals surface area contributed by atoms with Crippen LogP contribution in [-0.4, -0.2) is 55.5 Å². The molecule has 6 unspecified atom stereocenters. The second kappa shape index (κ2) is 12.9. The second-order valence-electron chi connectivity index (χ2n) is 8.86. The van der Waals surface area contributed by atoms with Gasteiger partial charge in [0.1, 0.15) is 5.78 Å². The Hall–Kier alpha value is -0.790. The van der Waals surface area contributed by atoms with Gasteiger partial charge in [0.2, 0.25) is 0 Å². The number of carbonyl (C=O) groups excluding carboxylic acids is 1. The molecule has 30 heavy (non-hydrogen) atoms. The Morgan fingerprint density at radius 3 is 2.47 bits per heavy atom. The smallest absolute Gasteiger partial charge is 0.158 e. The van der Waals surface area contributed by atoms with Gasteiger partial charge in [0, 0.05) is 31.5 Å². The predicted molar refractivity (Wildman–Crippen MR) is 114 cm³/mol. The minimum absolute atomic E-state index is 0.0405. The van der Waals surface area contributed by atoms with Crippen LogP contribution in [0.15, 0.2) is 12.2 Å². The summed E-state index contributed by atoms with van der Waals surface area (Å²) in [6, 6.07) is 0. The third-order valence-electron chi connectivity index (χ3n) is 6.48. The number of hydrogen-bond acceptors (Lipinski definition) is 6. The highest BCUT2D eigenvalue weighted by atomic mass is 16.7. The largest absolute Gasteiger partial charge is 0.396 e. The second-order valence-corrected chi connectivity index (χ2v) is 8.86. The minimum Gasteiger partial charge on any atom is -0.396 e. The molecule has 3 aliphatic rings. The highest BCUT2D eigenvalue weighted by Crippen LogP contribution is 2.35. The fourth-order valence-electron chi connectivity index (χ4n) is 4.66. The summed E-state index contributed by atoms with van der Waals surface area (Å²) in [6.45, 7) is 3.52. The molecule has 1 aliphatic carbocycles. The Balaban J connectivity index is 1.64. The zero-order valence-electron chi connectivity index (χ0n) is 18.5. The number of ether oxygens (including phenoxy) is 4. The van der Waals surface area contributed by atoms with Crippen LogP contribution in [0.25, 0.3) is 0 Å². The van der Waals surface area contributed by atoms with E-state index in [1.165, 1.54) is 6.42 Å². The van der Waals surface area contributed by atoms with Gasteiger partial charge < -0.3 is 24.1 Å². The maximum atomic E-state index is 12.5. The van der Waals surface area contributed by atoms with Crippen LogP contribution >= 0.6 is 0 Å². The Bertz CT molecular complexity index is 524. The highest BCUT2D eigenvalue weighted by molar-refractivity contribution is 5.84. The molecule has 0 radical (unpaired) electrons. The summed E-state index contributed by atoms with van der Waals surface area (Å²) in [5.41, 5.74) is 0. The van der Waals surface area contributed by atoms with Crippen molar-refractivity contribution in [1.29, 1.82) is 0 Å². The van der Waals surface area contributed by atoms with Crippen LogP contribution in [0.2, 0.25) is 0 Å². The van der Waals surface area contributed by atoms with Gasteiger partial charge >= 0.3 is 0 Å². The SMILES string of the molecule is CCCCCC(/C=C/C1C(OC2CCCCO2)CC(=O)C1CO)OC1CCCCO1. The maximum absolute atomic E-state index is 12.5. The summed E-state index contributed by atoms with van der Waals surface area (Å²) in [5.74, 6) is -0.471. The normalized spacial score (nSPS) is 33.9. The van der Waals surface area contributed by atoms with E-state index >= 15 is 0 Å². The lowest BCUT2D eigenvalue weighted by Crippen LogP contribution is -2.31. The average Bonchev–Trinajstić information content (AvgIpc) is 3.07. The van der Waals surface area contributed by atoms with Crippen molar-refractivity contribution in [2.45, 2.75) is 102 Å². The van der Waals surface area contributed by atoms with Crippen LogP contribution < -0.4 is 0 Å². The Morgan fingerprint density at radius 1 is 1.10 bits per heavy atom. The van der Waals surface area contributed by atoms with Gasteiger partial charge in [-0.25, -0.2) is 0 Å². The lowest BCUT2D eigenvalue weighted by molar-refractivity contribution is -0.193. The van der Waals surface area contributed by atoms with Crippen molar-refractivity contribution < 1.29 is 28.8 Å². The third kappa shape index (κ3) is 7.13. The molecule has 172 valence electrons. The van der Waals surface area contributed by atoms with Crippen molar-refractivity contribution in [2.75, 3.05) is 19.8 Å². The number of unbranched alkanes of at least 4 members (excludes halogenated alkanes) is 2. The molecule has 0 bridgehead atoms. The molecule has 0 aromatic heterocycles. The number of rotatable bonds is 11. The van der Waals surface area contributed by atoms with Crippen LogP contribution in [0, 0.1) is 11.8 Å². The quantitative estimate of drug-likeness (QED) is 0.397. The Kier molecular flexibility index (Phi) is 10.3. The first kappa shape index (κ1) is 23.9. The van der Waals surface area contributed by atoms with Gasteiger partial charge in [-0.2, -0.15) is 0 Å². The van der Waals surface area contributed by atoms with E-state index in [4.69, 9.17) is 18.9 Å². The molecule has 6 heteroatoms. The van der Waals surface area contributed by atoms with Crippen LogP contribution in [-0.2, 0) is 23.7 Å². The van der Waals surface area contributed by atoms with E-state index < -0.39 is 5.92 Å². The van der Waals surface area contributed by atoms with Crippen molar-refractivity contribution in [1.82, 2.24) is 0 Å². The lowest BCUT2D eigenvalue weighted by Gasteiger charge is -2.29. The van der Waals surface area contributed by atoms with Crippen molar-refractivity contribution in [3.63, 3.8) is 0 Å². The van der Waals surface area contributed by atoms with Gasteiger partial charge in [0.15, 0.2) is 12.6 Å². The molecular weight excluding hydrogens is 384 g/mol. The molecule has 3 rings (SSSR count). The number of aliphatic hydroxyl groups is 1. The van der Waals surface area contributed by atoms with Gasteiger partial charge in [0.05, 0.1) is 18.8 Å². The summed E-state index contributed by atoms with van der Waals surface area (Å²) >= 11 is 0. The standard InChI is InChI=1S/C24H40O6/c1-2-3-4-9-18(29-23-10-5-7-14-27-23)12-13-19-20(17-25)21(26)16-22(19)30-24-11-6-8-15-28-24/h12-13,18-20,22-25H,2-11,14-17H2,1H3/b13-12+. The number of ketones is 1. The van der Waals surface area contributed by atoms with Crippen molar-refractivity contribution in [2.24, 2.45) is 11.8 Å². The number of Topliss-reactive ketones (excluding diaryl/α,β-unsaturated/α-hetero) is 1. The first-order valence-corrected chi connectivity index (χ1v) is 12.1. The first-order chi connectivity index (χ1) is 14.7. The summed E-state index contributed by atoms with van der Waals surface area (Å²) < 4.78 is 23.9. The van der Waals surface area contributed by atoms with Crippen LogP contribution in [0.1, 0.15) is 77.6 Å². The molecule has 0 spiro atoms. The first-order valence-electron chi connectivity index (χ1n) is 12.1. The van der Waals surface area contributed by atoms with E-state index in [2.05, 4.69) is 19.1 Å². The fraction of sp³-hybridized carbons (Fsp3) is 0.875.